The van der Waals surface area contributed by atoms with E-state index in [1.807, 2.05) is 79.7 Å². The van der Waals surface area contributed by atoms with Crippen LogP contribution in [0.15, 0.2) is 72.8 Å². The maximum absolute atomic E-state index is 13.1. The summed E-state index contributed by atoms with van der Waals surface area (Å²) >= 11 is 0. The van der Waals surface area contributed by atoms with Crippen LogP contribution in [-0.2, 0) is 16.1 Å². The summed E-state index contributed by atoms with van der Waals surface area (Å²) in [6.07, 6.45) is -0.494. The van der Waals surface area contributed by atoms with Crippen molar-refractivity contribution in [3.63, 3.8) is 0 Å². The zero-order valence-electron chi connectivity index (χ0n) is 22.7. The van der Waals surface area contributed by atoms with Gasteiger partial charge in [0.2, 0.25) is 11.9 Å². The number of aromatic nitrogens is 4. The molecule has 0 radical (unpaired) electrons. The van der Waals surface area contributed by atoms with Gasteiger partial charge in [0.05, 0.1) is 19.2 Å². The molecule has 0 saturated carbocycles. The van der Waals surface area contributed by atoms with E-state index in [1.165, 1.54) is 4.90 Å². The molecule has 1 saturated heterocycles. The van der Waals surface area contributed by atoms with Gasteiger partial charge in [-0.3, -0.25) is 4.79 Å². The molecule has 1 aliphatic heterocycles. The molecule has 0 spiro atoms. The normalized spacial score (nSPS) is 15.4. The fourth-order valence-corrected chi connectivity index (χ4v) is 4.85. The van der Waals surface area contributed by atoms with Gasteiger partial charge in [-0.2, -0.15) is 4.52 Å². The molecular weight excluding hydrogens is 522 g/mol. The van der Waals surface area contributed by atoms with Gasteiger partial charge < -0.3 is 25.0 Å². The smallest absolute Gasteiger partial charge is 0.410 e. The zero-order valence-corrected chi connectivity index (χ0v) is 22.7. The lowest BCUT2D eigenvalue weighted by molar-refractivity contribution is -0.121. The third-order valence-corrected chi connectivity index (χ3v) is 7.02. The number of benzene rings is 3. The lowest BCUT2D eigenvalue weighted by Gasteiger charge is -2.23. The van der Waals surface area contributed by atoms with Gasteiger partial charge in [-0.15, -0.1) is 5.10 Å². The minimum absolute atomic E-state index is 0.0919. The molecule has 208 valence electrons. The fourth-order valence-electron chi connectivity index (χ4n) is 4.85. The molecule has 2 N–H and O–H groups in total. The second-order valence-electron chi connectivity index (χ2n) is 9.78. The maximum atomic E-state index is 13.1. The number of carbonyl (C=O) groups is 2. The van der Waals surface area contributed by atoms with Gasteiger partial charge in [-0.1, -0.05) is 42.5 Å². The van der Waals surface area contributed by atoms with E-state index in [1.54, 1.807) is 11.6 Å². The first-order valence-corrected chi connectivity index (χ1v) is 13.3. The number of ether oxygens (including phenoxy) is 2. The van der Waals surface area contributed by atoms with E-state index < -0.39 is 12.1 Å². The number of amides is 2. The minimum Gasteiger partial charge on any atom is -0.497 e. The van der Waals surface area contributed by atoms with Crippen molar-refractivity contribution in [2.45, 2.75) is 19.6 Å². The van der Waals surface area contributed by atoms with E-state index in [9.17, 15) is 9.59 Å². The average Bonchev–Trinajstić information content (AvgIpc) is 3.36. The van der Waals surface area contributed by atoms with Crippen LogP contribution in [0.4, 0.5) is 10.7 Å². The Hall–Kier alpha value is -5.19. The van der Waals surface area contributed by atoms with Gasteiger partial charge in [0, 0.05) is 24.0 Å². The van der Waals surface area contributed by atoms with Crippen molar-refractivity contribution in [3.05, 3.63) is 83.9 Å². The molecule has 0 bridgehead atoms. The Morgan fingerprint density at radius 3 is 2.68 bits per heavy atom. The monoisotopic (exact) mass is 551 g/mol. The van der Waals surface area contributed by atoms with Crippen molar-refractivity contribution in [2.24, 2.45) is 0 Å². The molecule has 1 atom stereocenters. The standard InChI is InChI=1S/C30H29N7O4/c1-19-16-21(40-2)12-13-22(19)26-34-27-23-10-6-7-11-24(23)32-29(37(27)35-26)33-25-17-36(15-14-31-28(25)38)30(39)41-18-20-8-4-3-5-9-20/h3-13,16,25H,14-15,17-18H2,1-2H3,(H,31,38)(H,32,33)/t25-/m1/s1. The third kappa shape index (κ3) is 5.33. The van der Waals surface area contributed by atoms with Crippen LogP contribution in [0.25, 0.3) is 27.9 Å². The highest BCUT2D eigenvalue weighted by atomic mass is 16.6. The lowest BCUT2D eigenvalue weighted by atomic mass is 10.1. The summed E-state index contributed by atoms with van der Waals surface area (Å²) in [6.45, 7) is 2.84. The molecule has 11 nitrogen and oxygen atoms in total. The van der Waals surface area contributed by atoms with E-state index in [2.05, 4.69) is 10.6 Å². The van der Waals surface area contributed by atoms with Crippen LogP contribution < -0.4 is 15.4 Å². The first-order valence-electron chi connectivity index (χ1n) is 13.3. The molecular formula is C30H29N7O4. The van der Waals surface area contributed by atoms with Crippen molar-refractivity contribution >= 4 is 34.5 Å². The lowest BCUT2D eigenvalue weighted by Crippen LogP contribution is -2.44. The molecule has 11 heteroatoms. The largest absolute Gasteiger partial charge is 0.497 e. The third-order valence-electron chi connectivity index (χ3n) is 7.02. The quantitative estimate of drug-likeness (QED) is 0.327. The number of aryl methyl sites for hydroxylation is 1. The summed E-state index contributed by atoms with van der Waals surface area (Å²) in [5.41, 5.74) is 3.98. The van der Waals surface area contributed by atoms with Crippen LogP contribution in [-0.4, -0.2) is 69.3 Å². The predicted molar refractivity (Wildman–Crippen MR) is 154 cm³/mol. The van der Waals surface area contributed by atoms with Crippen molar-refractivity contribution in [1.29, 1.82) is 0 Å². The Balaban J connectivity index is 1.32. The summed E-state index contributed by atoms with van der Waals surface area (Å²) < 4.78 is 12.5. The predicted octanol–water partition coefficient (Wildman–Crippen LogP) is 3.81. The van der Waals surface area contributed by atoms with Crippen molar-refractivity contribution in [1.82, 2.24) is 29.8 Å². The average molecular weight is 552 g/mol. The first-order chi connectivity index (χ1) is 20.0. The zero-order chi connectivity index (χ0) is 28.3. The van der Waals surface area contributed by atoms with Crippen molar-refractivity contribution < 1.29 is 19.1 Å². The molecule has 1 aliphatic rings. The first kappa shape index (κ1) is 26.1. The summed E-state index contributed by atoms with van der Waals surface area (Å²) in [7, 11) is 1.63. The van der Waals surface area contributed by atoms with Crippen LogP contribution in [0.3, 0.4) is 0 Å². The molecule has 2 amide bonds. The van der Waals surface area contributed by atoms with Crippen LogP contribution in [0, 0.1) is 6.92 Å². The summed E-state index contributed by atoms with van der Waals surface area (Å²) in [4.78, 5) is 37.2. The second-order valence-corrected chi connectivity index (χ2v) is 9.78. The number of hydrogen-bond acceptors (Lipinski definition) is 8. The van der Waals surface area contributed by atoms with E-state index in [0.29, 0.717) is 36.0 Å². The van der Waals surface area contributed by atoms with Crippen LogP contribution in [0.1, 0.15) is 11.1 Å². The summed E-state index contributed by atoms with van der Waals surface area (Å²) in [5.74, 6) is 1.35. The van der Waals surface area contributed by atoms with Gasteiger partial charge >= 0.3 is 6.09 Å². The Bertz CT molecular complexity index is 1740. The molecule has 3 aromatic carbocycles. The van der Waals surface area contributed by atoms with Gasteiger partial charge in [0.15, 0.2) is 11.5 Å². The highest BCUT2D eigenvalue weighted by Crippen LogP contribution is 2.28. The number of hydrogen-bond donors (Lipinski definition) is 2. The number of methoxy groups -OCH3 is 1. The Morgan fingerprint density at radius 2 is 1.88 bits per heavy atom. The fraction of sp³-hybridized carbons (Fsp3) is 0.233. The maximum Gasteiger partial charge on any atom is 0.410 e. The SMILES string of the molecule is COc1ccc(-c2nc3c4ccccc4nc(N[C@@H]4CN(C(=O)OCc5ccccc5)CCNC4=O)n3n2)c(C)c1. The van der Waals surface area contributed by atoms with Crippen LogP contribution in [0.2, 0.25) is 0 Å². The number of anilines is 1. The second kappa shape index (κ2) is 11.1. The van der Waals surface area contributed by atoms with E-state index >= 15 is 0 Å². The molecule has 0 unspecified atom stereocenters. The number of nitrogens with one attached hydrogen (secondary N) is 2. The Kier molecular flexibility index (Phi) is 7.07. The number of fused-ring (bicyclic) bond motifs is 3. The number of carbonyl (C=O) groups excluding carboxylic acids is 2. The molecule has 2 aromatic heterocycles. The highest BCUT2D eigenvalue weighted by Gasteiger charge is 2.30. The number of nitrogens with zero attached hydrogens (tertiary/aromatic N) is 5. The highest BCUT2D eigenvalue weighted by molar-refractivity contribution is 5.93. The summed E-state index contributed by atoms with van der Waals surface area (Å²) in [5, 5.41) is 11.7. The minimum atomic E-state index is -0.797. The van der Waals surface area contributed by atoms with E-state index in [-0.39, 0.29) is 19.1 Å². The Labute approximate surface area is 236 Å². The van der Waals surface area contributed by atoms with Gasteiger partial charge in [-0.25, -0.2) is 14.8 Å². The van der Waals surface area contributed by atoms with E-state index in [0.717, 1.165) is 27.8 Å². The number of para-hydroxylation sites is 1. The molecule has 6 rings (SSSR count). The van der Waals surface area contributed by atoms with Gasteiger partial charge in [-0.05, 0) is 48.4 Å². The molecule has 0 aliphatic carbocycles. The van der Waals surface area contributed by atoms with Crippen LogP contribution >= 0.6 is 0 Å². The van der Waals surface area contributed by atoms with Crippen molar-refractivity contribution in [2.75, 3.05) is 32.1 Å². The molecule has 3 heterocycles. The summed E-state index contributed by atoms with van der Waals surface area (Å²) in [6, 6.07) is 22.0. The molecule has 41 heavy (non-hydrogen) atoms. The van der Waals surface area contributed by atoms with Crippen LogP contribution in [0.5, 0.6) is 5.75 Å². The van der Waals surface area contributed by atoms with Gasteiger partial charge in [0.1, 0.15) is 18.4 Å². The Morgan fingerprint density at radius 1 is 1.07 bits per heavy atom. The van der Waals surface area contributed by atoms with E-state index in [4.69, 9.17) is 24.5 Å². The molecule has 1 fully saturated rings. The number of rotatable bonds is 6. The van der Waals surface area contributed by atoms with Gasteiger partial charge in [0.25, 0.3) is 0 Å². The van der Waals surface area contributed by atoms with Crippen molar-refractivity contribution in [3.8, 4) is 17.1 Å². The topological polar surface area (TPSA) is 123 Å². The molecule has 5 aromatic rings.